The highest BCUT2D eigenvalue weighted by Crippen LogP contribution is 2.06. The van der Waals surface area contributed by atoms with Gasteiger partial charge in [-0.05, 0) is 12.8 Å². The van der Waals surface area contributed by atoms with E-state index >= 15 is 0 Å². The van der Waals surface area contributed by atoms with Crippen LogP contribution in [0.25, 0.3) is 0 Å². The lowest BCUT2D eigenvalue weighted by Crippen LogP contribution is -2.30. The summed E-state index contributed by atoms with van der Waals surface area (Å²) in [7, 11) is 1.55. The molecule has 0 aliphatic rings. The number of nitrogens with one attached hydrogen (secondary N) is 2. The maximum absolute atomic E-state index is 10.3. The number of hydrogen-bond donors (Lipinski definition) is 3. The first-order valence-corrected chi connectivity index (χ1v) is 6.83. The van der Waals surface area contributed by atoms with Crippen molar-refractivity contribution < 1.29 is 4.92 Å². The lowest BCUT2D eigenvalue weighted by molar-refractivity contribution is -0.463. The van der Waals surface area contributed by atoms with Crippen LogP contribution in [0, 0.1) is 15.5 Å². The van der Waals surface area contributed by atoms with Gasteiger partial charge in [0, 0.05) is 24.3 Å². The summed E-state index contributed by atoms with van der Waals surface area (Å²) in [5.41, 5.74) is 5.21. The number of rotatable bonds is 9. The van der Waals surface area contributed by atoms with Crippen molar-refractivity contribution in [2.45, 2.75) is 25.7 Å². The largest absolute Gasteiger partial charge is 0.379 e. The smallest absolute Gasteiger partial charge is 0.259 e. The van der Waals surface area contributed by atoms with Gasteiger partial charge in [-0.2, -0.15) is 0 Å². The number of nitrogens with zero attached hydrogens (tertiary/aromatic N) is 2. The minimum absolute atomic E-state index is 0.167. The second-order valence-electron chi connectivity index (χ2n) is 3.71. The monoisotopic (exact) mass is 275 g/mol. The molecule has 0 saturated heterocycles. The van der Waals surface area contributed by atoms with Crippen molar-refractivity contribution >= 4 is 22.8 Å². The van der Waals surface area contributed by atoms with Gasteiger partial charge in [0.25, 0.3) is 6.54 Å². The summed E-state index contributed by atoms with van der Waals surface area (Å²) in [5.74, 6) is 1.30. The molecule has 0 rings (SSSR count). The molecule has 18 heavy (non-hydrogen) atoms. The normalized spacial score (nSPS) is 11.3. The van der Waals surface area contributed by atoms with E-state index in [1.54, 1.807) is 7.05 Å². The van der Waals surface area contributed by atoms with Crippen LogP contribution in [0.3, 0.4) is 0 Å². The SMILES string of the molecule is CN=C(C[N+](=O)[O-])NCCCCCCSC(=N)N. The Hall–Kier alpha value is -1.31. The van der Waals surface area contributed by atoms with Crippen LogP contribution in [-0.4, -0.2) is 41.8 Å². The molecule has 0 unspecified atom stereocenters. The number of amidine groups is 2. The molecule has 0 amide bonds. The van der Waals surface area contributed by atoms with E-state index in [1.807, 2.05) is 0 Å². The minimum atomic E-state index is -0.395. The van der Waals surface area contributed by atoms with Gasteiger partial charge in [-0.15, -0.1) is 0 Å². The summed E-state index contributed by atoms with van der Waals surface area (Å²) >= 11 is 1.36. The number of thioether (sulfide) groups is 1. The number of nitrogens with two attached hydrogens (primary N) is 1. The van der Waals surface area contributed by atoms with E-state index in [0.717, 1.165) is 31.4 Å². The molecule has 0 atom stereocenters. The summed E-state index contributed by atoms with van der Waals surface area (Å²) in [5, 5.41) is 20.4. The lowest BCUT2D eigenvalue weighted by atomic mass is 10.2. The fourth-order valence-electron chi connectivity index (χ4n) is 1.32. The number of hydrogen-bond acceptors (Lipinski definition) is 5. The van der Waals surface area contributed by atoms with Gasteiger partial charge in [-0.25, -0.2) is 0 Å². The van der Waals surface area contributed by atoms with E-state index in [-0.39, 0.29) is 11.7 Å². The van der Waals surface area contributed by atoms with Crippen molar-refractivity contribution in [3.63, 3.8) is 0 Å². The van der Waals surface area contributed by atoms with Gasteiger partial charge in [0.15, 0.2) is 11.0 Å². The van der Waals surface area contributed by atoms with Crippen LogP contribution >= 0.6 is 11.8 Å². The maximum atomic E-state index is 10.3. The van der Waals surface area contributed by atoms with Gasteiger partial charge in [0.05, 0.1) is 0 Å². The molecule has 4 N–H and O–H groups in total. The number of aliphatic imine (C=N–C) groups is 1. The van der Waals surface area contributed by atoms with E-state index in [1.165, 1.54) is 11.8 Å². The van der Waals surface area contributed by atoms with Crippen LogP contribution in [0.1, 0.15) is 25.7 Å². The molecule has 0 bridgehead atoms. The van der Waals surface area contributed by atoms with Gasteiger partial charge in [0.1, 0.15) is 0 Å². The van der Waals surface area contributed by atoms with Crippen molar-refractivity contribution in [3.8, 4) is 0 Å². The highest BCUT2D eigenvalue weighted by Gasteiger charge is 2.04. The Bertz CT molecular complexity index is 296. The topological polar surface area (TPSA) is 117 Å². The fourth-order valence-corrected chi connectivity index (χ4v) is 1.89. The molecule has 104 valence electrons. The Morgan fingerprint density at radius 1 is 1.44 bits per heavy atom. The van der Waals surface area contributed by atoms with E-state index in [2.05, 4.69) is 10.3 Å². The van der Waals surface area contributed by atoms with Crippen molar-refractivity contribution in [2.75, 3.05) is 25.9 Å². The fraction of sp³-hybridized carbons (Fsp3) is 0.800. The molecule has 0 aliphatic carbocycles. The zero-order valence-electron chi connectivity index (χ0n) is 10.6. The standard InChI is InChI=1S/C10H21N5O2S/c1-13-9(8-15(16)17)14-6-4-2-3-5-7-18-10(11)12/h2-8H2,1H3,(H3,11,12)(H,13,14). The van der Waals surface area contributed by atoms with Crippen LogP contribution in [-0.2, 0) is 0 Å². The van der Waals surface area contributed by atoms with Crippen molar-refractivity contribution in [3.05, 3.63) is 10.1 Å². The number of unbranched alkanes of at least 4 members (excludes halogenated alkanes) is 3. The molecular weight excluding hydrogens is 254 g/mol. The van der Waals surface area contributed by atoms with Crippen LogP contribution in [0.5, 0.6) is 0 Å². The quantitative estimate of drug-likeness (QED) is 0.191. The number of nitro groups is 1. The Kier molecular flexibility index (Phi) is 10.0. The summed E-state index contributed by atoms with van der Waals surface area (Å²) in [6.07, 6.45) is 4.13. The molecule has 0 spiro atoms. The van der Waals surface area contributed by atoms with E-state index in [4.69, 9.17) is 11.1 Å². The van der Waals surface area contributed by atoms with E-state index in [9.17, 15) is 10.1 Å². The van der Waals surface area contributed by atoms with Crippen LogP contribution < -0.4 is 11.1 Å². The van der Waals surface area contributed by atoms with E-state index < -0.39 is 4.92 Å². The molecule has 0 aromatic heterocycles. The summed E-state index contributed by atoms with van der Waals surface area (Å²) in [6, 6.07) is 0. The predicted molar refractivity (Wildman–Crippen MR) is 76.1 cm³/mol. The lowest BCUT2D eigenvalue weighted by Gasteiger charge is -2.05. The van der Waals surface area contributed by atoms with Gasteiger partial charge in [-0.3, -0.25) is 20.5 Å². The van der Waals surface area contributed by atoms with Crippen molar-refractivity contribution in [1.82, 2.24) is 5.32 Å². The zero-order valence-corrected chi connectivity index (χ0v) is 11.5. The third kappa shape index (κ3) is 11.2. The first-order valence-electron chi connectivity index (χ1n) is 5.84. The molecule has 0 aromatic rings. The second-order valence-corrected chi connectivity index (χ2v) is 4.85. The first-order chi connectivity index (χ1) is 8.56. The zero-order chi connectivity index (χ0) is 13.8. The second kappa shape index (κ2) is 10.8. The molecule has 0 aromatic carbocycles. The minimum Gasteiger partial charge on any atom is -0.379 e. The molecule has 0 aliphatic heterocycles. The third-order valence-electron chi connectivity index (χ3n) is 2.21. The Labute approximate surface area is 111 Å². The molecule has 7 nitrogen and oxygen atoms in total. The third-order valence-corrected chi connectivity index (χ3v) is 3.01. The average molecular weight is 275 g/mol. The molecular formula is C10H21N5O2S. The molecule has 0 heterocycles. The average Bonchev–Trinajstić information content (AvgIpc) is 2.30. The predicted octanol–water partition coefficient (Wildman–Crippen LogP) is 1.07. The maximum Gasteiger partial charge on any atom is 0.259 e. The first kappa shape index (κ1) is 16.7. The molecule has 0 saturated carbocycles. The Morgan fingerprint density at radius 3 is 2.67 bits per heavy atom. The van der Waals surface area contributed by atoms with Gasteiger partial charge in [-0.1, -0.05) is 24.6 Å². The van der Waals surface area contributed by atoms with Crippen molar-refractivity contribution in [2.24, 2.45) is 10.7 Å². The van der Waals surface area contributed by atoms with Crippen LogP contribution in [0.2, 0.25) is 0 Å². The Balaban J connectivity index is 3.39. The van der Waals surface area contributed by atoms with Gasteiger partial charge >= 0.3 is 0 Å². The van der Waals surface area contributed by atoms with Crippen LogP contribution in [0.4, 0.5) is 0 Å². The van der Waals surface area contributed by atoms with Gasteiger partial charge in [0.2, 0.25) is 0 Å². The molecule has 8 heteroatoms. The molecule has 0 fully saturated rings. The molecule has 0 radical (unpaired) electrons. The van der Waals surface area contributed by atoms with Crippen LogP contribution in [0.15, 0.2) is 4.99 Å². The highest BCUT2D eigenvalue weighted by atomic mass is 32.2. The van der Waals surface area contributed by atoms with Crippen molar-refractivity contribution in [1.29, 1.82) is 5.41 Å². The summed E-state index contributed by atoms with van der Waals surface area (Å²) in [6.45, 7) is 0.464. The summed E-state index contributed by atoms with van der Waals surface area (Å²) < 4.78 is 0. The van der Waals surface area contributed by atoms with E-state index in [0.29, 0.717) is 12.4 Å². The Morgan fingerprint density at radius 2 is 2.11 bits per heavy atom. The summed E-state index contributed by atoms with van der Waals surface area (Å²) in [4.78, 5) is 13.7. The van der Waals surface area contributed by atoms with Gasteiger partial charge < -0.3 is 11.1 Å². The highest BCUT2D eigenvalue weighted by molar-refractivity contribution is 8.13.